The van der Waals surface area contributed by atoms with E-state index in [-0.39, 0.29) is 24.0 Å². The maximum atomic E-state index is 5.88. The molecule has 3 rings (SSSR count). The first kappa shape index (κ1) is 16.3. The van der Waals surface area contributed by atoms with Gasteiger partial charge in [0.1, 0.15) is 5.52 Å². The summed E-state index contributed by atoms with van der Waals surface area (Å²) in [6.07, 6.45) is 2.01. The molecule has 1 aliphatic rings. The number of hydrogen-bond donors (Lipinski definition) is 0. The average molecular weight is 399 g/mol. The first-order chi connectivity index (χ1) is 9.59. The lowest BCUT2D eigenvalue weighted by molar-refractivity contribution is -0.904. The fraction of sp³-hybridized carbons (Fsp3) is 0.438. The highest BCUT2D eigenvalue weighted by atomic mass is 127. The fourth-order valence-electron chi connectivity index (χ4n) is 2.79. The van der Waals surface area contributed by atoms with Crippen LogP contribution in [0.1, 0.15) is 5.56 Å². The Morgan fingerprint density at radius 1 is 1.38 bits per heavy atom. The molecule has 0 spiro atoms. The molecule has 1 aromatic carbocycles. The van der Waals surface area contributed by atoms with Crippen molar-refractivity contribution >= 4 is 17.1 Å². The molecule has 0 atom stereocenters. The third-order valence-electron chi connectivity index (χ3n) is 4.19. The number of hydrogen-bond acceptors (Lipinski definition) is 3. The van der Waals surface area contributed by atoms with E-state index in [1.165, 1.54) is 5.56 Å². The minimum atomic E-state index is 0. The SMILES string of the molecule is C=CC[N+]1(C)CCN(c2nc3cc(C)ccc3o2)CC1.[I-]. The van der Waals surface area contributed by atoms with Gasteiger partial charge in [-0.3, -0.25) is 0 Å². The average Bonchev–Trinajstić information content (AvgIpc) is 2.82. The van der Waals surface area contributed by atoms with Crippen molar-refractivity contribution in [3.05, 3.63) is 36.4 Å². The third kappa shape index (κ3) is 3.40. The van der Waals surface area contributed by atoms with Crippen molar-refractivity contribution in [3.8, 4) is 0 Å². The molecule has 0 bridgehead atoms. The molecule has 1 aromatic heterocycles. The van der Waals surface area contributed by atoms with Gasteiger partial charge in [0.15, 0.2) is 5.58 Å². The van der Waals surface area contributed by atoms with Crippen LogP contribution in [-0.2, 0) is 0 Å². The monoisotopic (exact) mass is 399 g/mol. The molecule has 0 radical (unpaired) electrons. The summed E-state index contributed by atoms with van der Waals surface area (Å²) in [5, 5.41) is 0. The van der Waals surface area contributed by atoms with E-state index in [0.717, 1.165) is 54.3 Å². The summed E-state index contributed by atoms with van der Waals surface area (Å²) in [5.74, 6) is 0. The molecular formula is C16H22IN3O. The summed E-state index contributed by atoms with van der Waals surface area (Å²) >= 11 is 0. The number of aryl methyl sites for hydroxylation is 1. The summed E-state index contributed by atoms with van der Waals surface area (Å²) in [7, 11) is 2.29. The largest absolute Gasteiger partial charge is 1.00 e. The van der Waals surface area contributed by atoms with Crippen molar-refractivity contribution < 1.29 is 32.9 Å². The number of quaternary nitrogens is 1. The summed E-state index contributed by atoms with van der Waals surface area (Å²) in [6, 6.07) is 6.90. The van der Waals surface area contributed by atoms with Gasteiger partial charge in [-0.2, -0.15) is 4.98 Å². The number of nitrogens with zero attached hydrogens (tertiary/aromatic N) is 3. The maximum absolute atomic E-state index is 5.88. The van der Waals surface area contributed by atoms with Crippen molar-refractivity contribution in [2.75, 3.05) is 44.7 Å². The lowest BCUT2D eigenvalue weighted by atomic mass is 10.2. The van der Waals surface area contributed by atoms with Crippen LogP contribution < -0.4 is 28.9 Å². The third-order valence-corrected chi connectivity index (χ3v) is 4.19. The Kier molecular flexibility index (Phi) is 4.93. The molecule has 1 aliphatic heterocycles. The van der Waals surface area contributed by atoms with Gasteiger partial charge in [-0.1, -0.05) is 12.6 Å². The summed E-state index contributed by atoms with van der Waals surface area (Å²) in [6.45, 7) is 11.1. The van der Waals surface area contributed by atoms with Crippen molar-refractivity contribution in [1.29, 1.82) is 0 Å². The van der Waals surface area contributed by atoms with E-state index < -0.39 is 0 Å². The van der Waals surface area contributed by atoms with Crippen LogP contribution in [-0.4, -0.2) is 49.2 Å². The molecule has 4 nitrogen and oxygen atoms in total. The number of piperazine rings is 1. The van der Waals surface area contributed by atoms with Gasteiger partial charge in [0.05, 0.1) is 39.8 Å². The molecule has 0 amide bonds. The first-order valence-corrected chi connectivity index (χ1v) is 7.16. The number of fused-ring (bicyclic) bond motifs is 1. The Morgan fingerprint density at radius 2 is 2.10 bits per heavy atom. The Morgan fingerprint density at radius 3 is 2.76 bits per heavy atom. The lowest BCUT2D eigenvalue weighted by Crippen LogP contribution is -3.00. The van der Waals surface area contributed by atoms with Gasteiger partial charge in [-0.05, 0) is 30.7 Å². The topological polar surface area (TPSA) is 29.3 Å². The molecule has 0 unspecified atom stereocenters. The van der Waals surface area contributed by atoms with Crippen LogP contribution in [0.5, 0.6) is 0 Å². The lowest BCUT2D eigenvalue weighted by Gasteiger charge is -2.40. The van der Waals surface area contributed by atoms with Crippen LogP contribution in [0.4, 0.5) is 6.01 Å². The van der Waals surface area contributed by atoms with Crippen molar-refractivity contribution in [3.63, 3.8) is 0 Å². The second-order valence-electron chi connectivity index (χ2n) is 5.99. The van der Waals surface area contributed by atoms with E-state index in [1.54, 1.807) is 0 Å². The van der Waals surface area contributed by atoms with Gasteiger partial charge < -0.3 is 37.8 Å². The Labute approximate surface area is 143 Å². The van der Waals surface area contributed by atoms with Gasteiger partial charge in [0.2, 0.25) is 0 Å². The van der Waals surface area contributed by atoms with Crippen molar-refractivity contribution in [1.82, 2.24) is 4.98 Å². The van der Waals surface area contributed by atoms with Gasteiger partial charge in [-0.25, -0.2) is 0 Å². The van der Waals surface area contributed by atoms with E-state index in [0.29, 0.717) is 0 Å². The number of benzene rings is 1. The molecule has 1 saturated heterocycles. The van der Waals surface area contributed by atoms with E-state index in [4.69, 9.17) is 4.42 Å². The van der Waals surface area contributed by atoms with E-state index in [2.05, 4.69) is 42.6 Å². The quantitative estimate of drug-likeness (QED) is 0.400. The zero-order valence-corrected chi connectivity index (χ0v) is 14.8. The van der Waals surface area contributed by atoms with Crippen LogP contribution in [0.2, 0.25) is 0 Å². The Bertz CT molecular complexity index is 629. The first-order valence-electron chi connectivity index (χ1n) is 7.16. The molecule has 5 heteroatoms. The fourth-order valence-corrected chi connectivity index (χ4v) is 2.79. The molecule has 0 aliphatic carbocycles. The predicted molar refractivity (Wildman–Crippen MR) is 81.9 cm³/mol. The van der Waals surface area contributed by atoms with Crippen molar-refractivity contribution in [2.24, 2.45) is 0 Å². The zero-order valence-electron chi connectivity index (χ0n) is 12.7. The van der Waals surface area contributed by atoms with Gasteiger partial charge in [0, 0.05) is 0 Å². The van der Waals surface area contributed by atoms with Gasteiger partial charge in [0.25, 0.3) is 6.01 Å². The second-order valence-corrected chi connectivity index (χ2v) is 5.99. The number of likely N-dealkylation sites (N-methyl/N-ethyl adjacent to an activating group) is 1. The molecule has 2 aromatic rings. The number of aromatic nitrogens is 1. The predicted octanol–water partition coefficient (Wildman–Crippen LogP) is -0.407. The van der Waals surface area contributed by atoms with Gasteiger partial charge in [-0.15, -0.1) is 0 Å². The number of rotatable bonds is 3. The van der Waals surface area contributed by atoms with E-state index >= 15 is 0 Å². The van der Waals surface area contributed by atoms with Crippen molar-refractivity contribution in [2.45, 2.75) is 6.92 Å². The number of halogens is 1. The maximum Gasteiger partial charge on any atom is 0.298 e. The summed E-state index contributed by atoms with van der Waals surface area (Å²) in [5.41, 5.74) is 3.04. The van der Waals surface area contributed by atoms with Crippen LogP contribution >= 0.6 is 0 Å². The van der Waals surface area contributed by atoms with Gasteiger partial charge >= 0.3 is 0 Å². The Balaban J connectivity index is 0.00000161. The molecular weight excluding hydrogens is 377 g/mol. The highest BCUT2D eigenvalue weighted by Crippen LogP contribution is 2.24. The number of anilines is 1. The van der Waals surface area contributed by atoms with Crippen LogP contribution in [0.3, 0.4) is 0 Å². The van der Waals surface area contributed by atoms with Crippen LogP contribution in [0.25, 0.3) is 11.1 Å². The highest BCUT2D eigenvalue weighted by Gasteiger charge is 2.29. The van der Waals surface area contributed by atoms with Crippen LogP contribution in [0.15, 0.2) is 35.3 Å². The second kappa shape index (κ2) is 6.36. The standard InChI is InChI=1S/C16H22N3O.HI/c1-4-9-19(3)10-7-18(8-11-19)16-17-14-12-13(2)5-6-15(14)20-16;/h4-6,12H,1,7-11H2,2-3H3;1H/q+1;/p-1. The van der Waals surface area contributed by atoms with Crippen LogP contribution in [0, 0.1) is 6.92 Å². The number of oxazole rings is 1. The van der Waals surface area contributed by atoms with E-state index in [1.807, 2.05) is 12.1 Å². The molecule has 0 N–H and O–H groups in total. The highest BCUT2D eigenvalue weighted by molar-refractivity contribution is 5.75. The molecule has 2 heterocycles. The molecule has 114 valence electrons. The molecule has 1 fully saturated rings. The van der Waals surface area contributed by atoms with E-state index in [9.17, 15) is 0 Å². The summed E-state index contributed by atoms with van der Waals surface area (Å²) < 4.78 is 6.93. The minimum absolute atomic E-state index is 0. The summed E-state index contributed by atoms with van der Waals surface area (Å²) in [4.78, 5) is 6.87. The smallest absolute Gasteiger partial charge is 0.298 e. The Hall–Kier alpha value is -1.08. The minimum Gasteiger partial charge on any atom is -1.00 e. The zero-order chi connectivity index (χ0) is 14.2. The molecule has 0 saturated carbocycles. The molecule has 21 heavy (non-hydrogen) atoms. The normalized spacial score (nSPS) is 17.5.